The fourth-order valence-corrected chi connectivity index (χ4v) is 4.09. The van der Waals surface area contributed by atoms with E-state index in [1.54, 1.807) is 0 Å². The maximum Gasteiger partial charge on any atom is 0.263 e. The molecule has 1 aliphatic carbocycles. The summed E-state index contributed by atoms with van der Waals surface area (Å²) in [7, 11) is 0. The van der Waals surface area contributed by atoms with Crippen LogP contribution in [-0.4, -0.2) is 10.5 Å². The molecular formula is C23H30N2O2. The van der Waals surface area contributed by atoms with E-state index in [4.69, 9.17) is 0 Å². The van der Waals surface area contributed by atoms with Crippen molar-refractivity contribution in [2.75, 3.05) is 0 Å². The molecule has 0 spiro atoms. The van der Waals surface area contributed by atoms with Crippen molar-refractivity contribution in [1.82, 2.24) is 9.88 Å². The molecule has 4 heteroatoms. The molecule has 1 aliphatic rings. The van der Waals surface area contributed by atoms with Crippen LogP contribution in [-0.2, 0) is 13.1 Å². The highest BCUT2D eigenvalue weighted by Gasteiger charge is 2.22. The van der Waals surface area contributed by atoms with E-state index in [1.165, 1.54) is 32.1 Å². The van der Waals surface area contributed by atoms with Crippen LogP contribution in [0.1, 0.15) is 64.8 Å². The summed E-state index contributed by atoms with van der Waals surface area (Å²) in [5, 5.41) is 2.92. The minimum Gasteiger partial charge on any atom is -0.348 e. The molecule has 144 valence electrons. The van der Waals surface area contributed by atoms with E-state index in [2.05, 4.69) is 5.32 Å². The molecule has 1 heterocycles. The number of nitrogens with zero attached hydrogens (tertiary/aromatic N) is 1. The summed E-state index contributed by atoms with van der Waals surface area (Å²) in [6, 6.07) is 9.77. The first-order valence-corrected chi connectivity index (χ1v) is 10.0. The molecule has 1 fully saturated rings. The van der Waals surface area contributed by atoms with E-state index in [0.717, 1.165) is 28.9 Å². The third kappa shape index (κ3) is 4.32. The number of rotatable bonds is 5. The van der Waals surface area contributed by atoms with Gasteiger partial charge in [-0.15, -0.1) is 0 Å². The van der Waals surface area contributed by atoms with Gasteiger partial charge in [0.25, 0.3) is 11.5 Å². The number of aromatic nitrogens is 1. The molecule has 2 aromatic rings. The van der Waals surface area contributed by atoms with Gasteiger partial charge in [-0.05, 0) is 56.2 Å². The van der Waals surface area contributed by atoms with Crippen LogP contribution in [0.5, 0.6) is 0 Å². The average molecular weight is 367 g/mol. The topological polar surface area (TPSA) is 51.1 Å². The maximum absolute atomic E-state index is 13.2. The van der Waals surface area contributed by atoms with Crippen molar-refractivity contribution in [2.45, 2.75) is 66.0 Å². The zero-order valence-electron chi connectivity index (χ0n) is 16.7. The fraction of sp³-hybridized carbons (Fsp3) is 0.478. The molecule has 1 saturated carbocycles. The average Bonchev–Trinajstić information content (AvgIpc) is 2.70. The van der Waals surface area contributed by atoms with Gasteiger partial charge in [-0.25, -0.2) is 0 Å². The Labute approximate surface area is 161 Å². The Morgan fingerprint density at radius 3 is 2.37 bits per heavy atom. The smallest absolute Gasteiger partial charge is 0.263 e. The summed E-state index contributed by atoms with van der Waals surface area (Å²) >= 11 is 0. The van der Waals surface area contributed by atoms with Crippen LogP contribution in [0.15, 0.2) is 35.1 Å². The number of amides is 1. The highest BCUT2D eigenvalue weighted by atomic mass is 16.2. The molecule has 0 radical (unpaired) electrons. The van der Waals surface area contributed by atoms with Gasteiger partial charge >= 0.3 is 0 Å². The predicted molar refractivity (Wildman–Crippen MR) is 109 cm³/mol. The van der Waals surface area contributed by atoms with Crippen molar-refractivity contribution in [3.05, 3.63) is 68.6 Å². The Morgan fingerprint density at radius 2 is 1.70 bits per heavy atom. The van der Waals surface area contributed by atoms with Crippen molar-refractivity contribution in [3.8, 4) is 0 Å². The lowest BCUT2D eigenvalue weighted by Gasteiger charge is -2.25. The van der Waals surface area contributed by atoms with E-state index >= 15 is 0 Å². The lowest BCUT2D eigenvalue weighted by Crippen LogP contribution is -2.37. The molecule has 4 nitrogen and oxygen atoms in total. The fourth-order valence-electron chi connectivity index (χ4n) is 4.09. The van der Waals surface area contributed by atoms with E-state index in [9.17, 15) is 9.59 Å². The monoisotopic (exact) mass is 366 g/mol. The van der Waals surface area contributed by atoms with Gasteiger partial charge in [-0.1, -0.05) is 49.6 Å². The molecule has 0 aliphatic heterocycles. The van der Waals surface area contributed by atoms with Gasteiger partial charge in [-0.3, -0.25) is 9.59 Å². The van der Waals surface area contributed by atoms with Gasteiger partial charge in [-0.2, -0.15) is 0 Å². The molecule has 1 amide bonds. The van der Waals surface area contributed by atoms with Crippen molar-refractivity contribution >= 4 is 5.91 Å². The number of benzene rings is 1. The van der Waals surface area contributed by atoms with Gasteiger partial charge in [0.05, 0.1) is 0 Å². The molecule has 27 heavy (non-hydrogen) atoms. The maximum atomic E-state index is 13.2. The van der Waals surface area contributed by atoms with Crippen LogP contribution in [0.4, 0.5) is 0 Å². The summed E-state index contributed by atoms with van der Waals surface area (Å²) in [5.41, 5.74) is 3.99. The lowest BCUT2D eigenvalue weighted by molar-refractivity contribution is 0.0947. The predicted octanol–water partition coefficient (Wildman–Crippen LogP) is 4.28. The molecule has 0 atom stereocenters. The molecular weight excluding hydrogens is 336 g/mol. The number of hydrogen-bond acceptors (Lipinski definition) is 2. The summed E-state index contributed by atoms with van der Waals surface area (Å²) in [6.07, 6.45) is 6.13. The summed E-state index contributed by atoms with van der Waals surface area (Å²) in [4.78, 5) is 26.0. The Hall–Kier alpha value is -2.36. The van der Waals surface area contributed by atoms with E-state index < -0.39 is 0 Å². The number of carbonyl (C=O) groups excluding carboxylic acids is 1. The van der Waals surface area contributed by atoms with Crippen LogP contribution in [0.25, 0.3) is 0 Å². The molecule has 0 saturated heterocycles. The highest BCUT2D eigenvalue weighted by Crippen LogP contribution is 2.26. The van der Waals surface area contributed by atoms with Gasteiger partial charge in [0.2, 0.25) is 0 Å². The second-order valence-electron chi connectivity index (χ2n) is 7.80. The summed E-state index contributed by atoms with van der Waals surface area (Å²) in [6.45, 7) is 7.04. The van der Waals surface area contributed by atoms with Crippen LogP contribution in [0.3, 0.4) is 0 Å². The number of pyridine rings is 1. The van der Waals surface area contributed by atoms with E-state index in [-0.39, 0.29) is 11.5 Å². The Morgan fingerprint density at radius 1 is 1.04 bits per heavy atom. The standard InChI is InChI=1S/C23H30N2O2/c1-16-17(2)21(22(26)24-14-19-10-6-4-7-11-19)23(27)25(18(16)3)15-20-12-8-5-9-13-20/h4,6-7,10-11,20H,5,8-9,12-15H2,1-3H3,(H,24,26). The van der Waals surface area contributed by atoms with Crippen LogP contribution in [0, 0.1) is 26.7 Å². The minimum absolute atomic E-state index is 0.147. The van der Waals surface area contributed by atoms with Crippen molar-refractivity contribution in [2.24, 2.45) is 5.92 Å². The Kier molecular flexibility index (Phi) is 6.15. The van der Waals surface area contributed by atoms with Crippen LogP contribution < -0.4 is 10.9 Å². The number of hydrogen-bond donors (Lipinski definition) is 1. The Bertz CT molecular complexity index is 862. The van der Waals surface area contributed by atoms with Crippen molar-refractivity contribution in [3.63, 3.8) is 0 Å². The minimum atomic E-state index is -0.276. The highest BCUT2D eigenvalue weighted by molar-refractivity contribution is 5.95. The molecule has 0 bridgehead atoms. The first kappa shape index (κ1) is 19.4. The lowest BCUT2D eigenvalue weighted by atomic mass is 9.89. The normalized spacial score (nSPS) is 14.9. The molecule has 1 aromatic heterocycles. The van der Waals surface area contributed by atoms with E-state index in [1.807, 2.05) is 55.7 Å². The van der Waals surface area contributed by atoms with Gasteiger partial charge in [0.1, 0.15) is 5.56 Å². The van der Waals surface area contributed by atoms with Gasteiger partial charge < -0.3 is 9.88 Å². The number of carbonyl (C=O) groups is 1. The van der Waals surface area contributed by atoms with Crippen LogP contribution in [0.2, 0.25) is 0 Å². The number of nitrogens with one attached hydrogen (secondary N) is 1. The first-order chi connectivity index (χ1) is 13.0. The quantitative estimate of drug-likeness (QED) is 0.858. The Balaban J connectivity index is 1.87. The molecule has 3 rings (SSSR count). The third-order valence-electron chi connectivity index (χ3n) is 6.03. The zero-order chi connectivity index (χ0) is 19.4. The molecule has 1 N–H and O–H groups in total. The second-order valence-corrected chi connectivity index (χ2v) is 7.80. The van der Waals surface area contributed by atoms with Crippen molar-refractivity contribution in [1.29, 1.82) is 0 Å². The third-order valence-corrected chi connectivity index (χ3v) is 6.03. The summed E-state index contributed by atoms with van der Waals surface area (Å²) < 4.78 is 1.84. The molecule has 1 aromatic carbocycles. The van der Waals surface area contributed by atoms with Gasteiger partial charge in [0.15, 0.2) is 0 Å². The largest absolute Gasteiger partial charge is 0.348 e. The van der Waals surface area contributed by atoms with Crippen molar-refractivity contribution < 1.29 is 4.79 Å². The SMILES string of the molecule is Cc1c(C)c(C)n(CC2CCCCC2)c(=O)c1C(=O)NCc1ccccc1. The zero-order valence-corrected chi connectivity index (χ0v) is 16.7. The second kappa shape index (κ2) is 8.55. The van der Waals surface area contributed by atoms with E-state index in [0.29, 0.717) is 18.0 Å². The van der Waals surface area contributed by atoms with Gasteiger partial charge in [0, 0.05) is 18.8 Å². The van der Waals surface area contributed by atoms with Crippen LogP contribution >= 0.6 is 0 Å². The summed E-state index contributed by atoms with van der Waals surface area (Å²) in [5.74, 6) is 0.263. The first-order valence-electron chi connectivity index (χ1n) is 10.0. The molecule has 0 unspecified atom stereocenters.